The summed E-state index contributed by atoms with van der Waals surface area (Å²) in [6.07, 6.45) is 1.15. The van der Waals surface area contributed by atoms with E-state index in [4.69, 9.17) is 9.84 Å². The number of carbonyl (C=O) groups is 2. The second kappa shape index (κ2) is 8.15. The van der Waals surface area contributed by atoms with Crippen LogP contribution in [0.3, 0.4) is 0 Å². The molecular weight excluding hydrogens is 402 g/mol. The summed E-state index contributed by atoms with van der Waals surface area (Å²) in [7, 11) is 0. The van der Waals surface area contributed by atoms with Gasteiger partial charge in [0.15, 0.2) is 16.7 Å². The molecule has 1 saturated heterocycles. The number of carboxylic acids is 1. The van der Waals surface area contributed by atoms with Gasteiger partial charge >= 0.3 is 5.97 Å². The molecule has 24 heavy (non-hydrogen) atoms. The van der Waals surface area contributed by atoms with Crippen LogP contribution >= 0.6 is 27.7 Å². The first-order valence-corrected chi connectivity index (χ1v) is 8.53. The van der Waals surface area contributed by atoms with Crippen molar-refractivity contribution in [2.24, 2.45) is 10.2 Å². The smallest absolute Gasteiger partial charge is 0.305 e. The average molecular weight is 416 g/mol. The monoisotopic (exact) mass is 415 g/mol. The van der Waals surface area contributed by atoms with Gasteiger partial charge in [0, 0.05) is 0 Å². The van der Waals surface area contributed by atoms with Crippen LogP contribution in [0.15, 0.2) is 26.8 Å². The van der Waals surface area contributed by atoms with Crippen LogP contribution in [0.2, 0.25) is 0 Å². The van der Waals surface area contributed by atoms with E-state index in [1.165, 1.54) is 6.21 Å². The largest absolute Gasteiger partial charge is 0.503 e. The Morgan fingerprint density at radius 1 is 1.54 bits per heavy atom. The topological polar surface area (TPSA) is 121 Å². The zero-order valence-electron chi connectivity index (χ0n) is 12.5. The van der Waals surface area contributed by atoms with Crippen molar-refractivity contribution in [3.63, 3.8) is 0 Å². The van der Waals surface area contributed by atoms with Gasteiger partial charge in [0.2, 0.25) is 5.91 Å². The lowest BCUT2D eigenvalue weighted by Gasteiger charge is -2.08. The van der Waals surface area contributed by atoms with Crippen molar-refractivity contribution in [1.82, 2.24) is 5.32 Å². The lowest BCUT2D eigenvalue weighted by Crippen LogP contribution is -2.26. The molecule has 0 aromatic heterocycles. The van der Waals surface area contributed by atoms with Gasteiger partial charge in [0.1, 0.15) is 5.25 Å². The predicted octanol–water partition coefficient (Wildman–Crippen LogP) is 1.95. The van der Waals surface area contributed by atoms with Gasteiger partial charge in [-0.25, -0.2) is 0 Å². The predicted molar refractivity (Wildman–Crippen MR) is 93.8 cm³/mol. The van der Waals surface area contributed by atoms with Crippen molar-refractivity contribution in [2.75, 3.05) is 6.61 Å². The van der Waals surface area contributed by atoms with Gasteiger partial charge in [-0.3, -0.25) is 9.59 Å². The number of halogens is 1. The van der Waals surface area contributed by atoms with E-state index in [1.54, 1.807) is 19.1 Å². The van der Waals surface area contributed by atoms with Crippen molar-refractivity contribution in [2.45, 2.75) is 18.6 Å². The molecule has 128 valence electrons. The average Bonchev–Trinajstić information content (AvgIpc) is 2.84. The third kappa shape index (κ3) is 4.71. The third-order valence-corrected chi connectivity index (χ3v) is 4.52. The van der Waals surface area contributed by atoms with Gasteiger partial charge in [-0.05, 0) is 40.5 Å². The van der Waals surface area contributed by atoms with Crippen LogP contribution in [0.25, 0.3) is 0 Å². The maximum absolute atomic E-state index is 11.6. The Labute approximate surface area is 150 Å². The van der Waals surface area contributed by atoms with Crippen molar-refractivity contribution < 1.29 is 24.5 Å². The summed E-state index contributed by atoms with van der Waals surface area (Å²) < 4.78 is 5.76. The second-order valence-corrected chi connectivity index (χ2v) is 6.67. The van der Waals surface area contributed by atoms with Gasteiger partial charge < -0.3 is 20.3 Å². The number of thioether (sulfide) groups is 1. The molecule has 8 nitrogen and oxygen atoms in total. The summed E-state index contributed by atoms with van der Waals surface area (Å²) in [4.78, 5) is 22.2. The Hall–Kier alpha value is -2.07. The minimum Gasteiger partial charge on any atom is -0.503 e. The SMILES string of the molecule is CCOc1cc(C=NN=C2NC(=O)C(CC(=O)O)S2)cc(Br)c1O. The summed E-state index contributed by atoms with van der Waals surface area (Å²) in [5.74, 6) is -1.14. The van der Waals surface area contributed by atoms with E-state index in [9.17, 15) is 14.7 Å². The molecule has 10 heteroatoms. The molecule has 1 aromatic rings. The fourth-order valence-corrected chi connectivity index (χ4v) is 3.20. The Bertz CT molecular complexity index is 723. The van der Waals surface area contributed by atoms with Gasteiger partial charge in [-0.15, -0.1) is 5.10 Å². The fraction of sp³-hybridized carbons (Fsp3) is 0.286. The minimum atomic E-state index is -1.05. The highest BCUT2D eigenvalue weighted by molar-refractivity contribution is 9.10. The number of carboxylic acid groups (broad SMARTS) is 1. The molecule has 2 rings (SSSR count). The molecule has 0 radical (unpaired) electrons. The number of carbonyl (C=O) groups excluding carboxylic acids is 1. The van der Waals surface area contributed by atoms with E-state index in [2.05, 4.69) is 31.4 Å². The van der Waals surface area contributed by atoms with Gasteiger partial charge in [0.05, 0.1) is 23.7 Å². The second-order valence-electron chi connectivity index (χ2n) is 4.63. The molecule has 3 N–H and O–H groups in total. The van der Waals surface area contributed by atoms with Gasteiger partial charge in [0.25, 0.3) is 0 Å². The minimum absolute atomic E-state index is 0.00422. The van der Waals surface area contributed by atoms with Gasteiger partial charge in [-0.1, -0.05) is 11.8 Å². The van der Waals surface area contributed by atoms with E-state index in [1.807, 2.05) is 0 Å². The number of nitrogens with zero attached hydrogens (tertiary/aromatic N) is 2. The molecule has 1 fully saturated rings. The molecule has 0 spiro atoms. The van der Waals surface area contributed by atoms with Crippen molar-refractivity contribution in [1.29, 1.82) is 0 Å². The number of aromatic hydroxyl groups is 1. The molecule has 1 aromatic carbocycles. The summed E-state index contributed by atoms with van der Waals surface area (Å²) in [6.45, 7) is 2.20. The standard InChI is InChI=1S/C14H14BrN3O5S/c1-2-23-9-4-7(3-8(15)12(9)21)6-16-18-14-17-13(22)10(24-14)5-11(19)20/h3-4,6,10,21H,2,5H2,1H3,(H,19,20)(H,17,18,22). The molecule has 1 aliphatic rings. The van der Waals surface area contributed by atoms with Crippen LogP contribution in [-0.2, 0) is 9.59 Å². The number of ether oxygens (including phenoxy) is 1. The molecule has 1 heterocycles. The molecule has 1 amide bonds. The quantitative estimate of drug-likeness (QED) is 0.482. The zero-order chi connectivity index (χ0) is 17.7. The third-order valence-electron chi connectivity index (χ3n) is 2.84. The number of hydrogen-bond acceptors (Lipinski definition) is 7. The number of hydrogen-bond donors (Lipinski definition) is 3. The number of phenols is 1. The highest BCUT2D eigenvalue weighted by atomic mass is 79.9. The van der Waals surface area contributed by atoms with Crippen LogP contribution in [0.5, 0.6) is 11.5 Å². The number of nitrogens with one attached hydrogen (secondary N) is 1. The lowest BCUT2D eigenvalue weighted by atomic mass is 10.2. The first kappa shape index (κ1) is 18.3. The van der Waals surface area contributed by atoms with Crippen LogP contribution in [-0.4, -0.2) is 45.3 Å². The van der Waals surface area contributed by atoms with E-state index in [0.717, 1.165) is 11.8 Å². The first-order chi connectivity index (χ1) is 11.4. The Balaban J connectivity index is 2.09. The van der Waals surface area contributed by atoms with Crippen molar-refractivity contribution >= 4 is 51.0 Å². The van der Waals surface area contributed by atoms with E-state index in [-0.39, 0.29) is 17.3 Å². The molecule has 0 aliphatic carbocycles. The maximum atomic E-state index is 11.6. The van der Waals surface area contributed by atoms with E-state index in [0.29, 0.717) is 22.4 Å². The first-order valence-electron chi connectivity index (χ1n) is 6.86. The Morgan fingerprint density at radius 3 is 2.96 bits per heavy atom. The van der Waals surface area contributed by atoms with E-state index >= 15 is 0 Å². The number of benzene rings is 1. The zero-order valence-corrected chi connectivity index (χ0v) is 14.9. The lowest BCUT2D eigenvalue weighted by molar-refractivity contribution is -0.138. The molecule has 1 atom stereocenters. The normalized spacial score (nSPS) is 19.0. The number of amides is 1. The maximum Gasteiger partial charge on any atom is 0.305 e. The van der Waals surface area contributed by atoms with Gasteiger partial charge in [-0.2, -0.15) is 5.10 Å². The Kier molecular flexibility index (Phi) is 6.21. The van der Waals surface area contributed by atoms with Crippen LogP contribution in [0, 0.1) is 0 Å². The number of rotatable bonds is 6. The summed E-state index contributed by atoms with van der Waals surface area (Å²) in [5, 5.41) is 28.3. The fourth-order valence-electron chi connectivity index (χ4n) is 1.83. The molecule has 0 bridgehead atoms. The molecule has 0 saturated carbocycles. The van der Waals surface area contributed by atoms with E-state index < -0.39 is 17.1 Å². The molecule has 1 unspecified atom stereocenters. The number of aliphatic carboxylic acids is 1. The highest BCUT2D eigenvalue weighted by Gasteiger charge is 2.32. The number of amidine groups is 1. The number of phenolic OH excluding ortho intramolecular Hbond substituents is 1. The summed E-state index contributed by atoms with van der Waals surface area (Å²) in [6, 6.07) is 3.23. The van der Waals surface area contributed by atoms with Crippen molar-refractivity contribution in [3.8, 4) is 11.5 Å². The highest BCUT2D eigenvalue weighted by Crippen LogP contribution is 2.35. The van der Waals surface area contributed by atoms with Crippen LogP contribution in [0.4, 0.5) is 0 Å². The van der Waals surface area contributed by atoms with Crippen LogP contribution < -0.4 is 10.1 Å². The summed E-state index contributed by atoms with van der Waals surface area (Å²) >= 11 is 4.24. The van der Waals surface area contributed by atoms with Crippen LogP contribution in [0.1, 0.15) is 18.9 Å². The molecular formula is C14H14BrN3O5S. The van der Waals surface area contributed by atoms with Crippen molar-refractivity contribution in [3.05, 3.63) is 22.2 Å². The summed E-state index contributed by atoms with van der Waals surface area (Å²) in [5.41, 5.74) is 0.629. The molecule has 1 aliphatic heterocycles. The Morgan fingerprint density at radius 2 is 2.29 bits per heavy atom.